The first-order chi connectivity index (χ1) is 7.77. The molecule has 0 fully saturated rings. The summed E-state index contributed by atoms with van der Waals surface area (Å²) in [4.78, 5) is 0. The highest BCUT2D eigenvalue weighted by molar-refractivity contribution is 5.31. The van der Waals surface area contributed by atoms with Gasteiger partial charge in [-0.25, -0.2) is 0 Å². The average Bonchev–Trinajstić information content (AvgIpc) is 2.67. The van der Waals surface area contributed by atoms with E-state index in [1.807, 2.05) is 31.3 Å². The van der Waals surface area contributed by atoms with Gasteiger partial charge in [0.1, 0.15) is 5.75 Å². The highest BCUT2D eigenvalue weighted by atomic mass is 16.3. The van der Waals surface area contributed by atoms with Crippen molar-refractivity contribution in [3.05, 3.63) is 47.3 Å². The summed E-state index contributed by atoms with van der Waals surface area (Å²) in [6.45, 7) is 3.39. The number of para-hydroxylation sites is 1. The van der Waals surface area contributed by atoms with Gasteiger partial charge < -0.3 is 10.4 Å². The first-order valence-electron chi connectivity index (χ1n) is 5.24. The van der Waals surface area contributed by atoms with E-state index >= 15 is 0 Å². The Morgan fingerprint density at radius 1 is 1.25 bits per heavy atom. The van der Waals surface area contributed by atoms with Crippen molar-refractivity contribution < 1.29 is 5.11 Å². The number of phenols is 1. The third-order valence-electron chi connectivity index (χ3n) is 2.56. The molecule has 84 valence electrons. The third-order valence-corrected chi connectivity index (χ3v) is 2.56. The van der Waals surface area contributed by atoms with Crippen LogP contribution in [0.5, 0.6) is 5.75 Å². The molecule has 16 heavy (non-hydrogen) atoms. The fourth-order valence-corrected chi connectivity index (χ4v) is 1.55. The van der Waals surface area contributed by atoms with Gasteiger partial charge in [0.25, 0.3) is 0 Å². The van der Waals surface area contributed by atoms with E-state index < -0.39 is 0 Å². The highest BCUT2D eigenvalue weighted by Gasteiger charge is 2.01. The van der Waals surface area contributed by atoms with Crippen molar-refractivity contribution in [2.45, 2.75) is 20.0 Å². The van der Waals surface area contributed by atoms with Gasteiger partial charge in [-0.3, -0.25) is 5.10 Å². The largest absolute Gasteiger partial charge is 0.508 e. The number of aromatic amines is 1. The molecule has 2 rings (SSSR count). The Morgan fingerprint density at radius 3 is 2.69 bits per heavy atom. The van der Waals surface area contributed by atoms with Crippen LogP contribution in [0.4, 0.5) is 0 Å². The molecule has 0 atom stereocenters. The molecule has 0 aliphatic rings. The summed E-state index contributed by atoms with van der Waals surface area (Å²) >= 11 is 0. The summed E-state index contributed by atoms with van der Waals surface area (Å²) in [6, 6.07) is 7.34. The number of aromatic hydroxyl groups is 1. The molecule has 0 saturated heterocycles. The number of nitrogens with zero attached hydrogens (tertiary/aromatic N) is 1. The molecule has 1 heterocycles. The normalized spacial score (nSPS) is 10.6. The van der Waals surface area contributed by atoms with E-state index in [1.165, 1.54) is 0 Å². The summed E-state index contributed by atoms with van der Waals surface area (Å²) in [5.74, 6) is 0.332. The number of benzene rings is 1. The fraction of sp³-hybridized carbons (Fsp3) is 0.250. The Hall–Kier alpha value is -1.81. The Bertz CT molecular complexity index is 465. The minimum Gasteiger partial charge on any atom is -0.508 e. The lowest BCUT2D eigenvalue weighted by molar-refractivity contribution is 0.464. The number of phenolic OH excluding ortho intramolecular Hbond substituents is 1. The smallest absolute Gasteiger partial charge is 0.120 e. The van der Waals surface area contributed by atoms with Gasteiger partial charge in [0.15, 0.2) is 0 Å². The molecule has 0 aliphatic heterocycles. The maximum Gasteiger partial charge on any atom is 0.120 e. The maximum absolute atomic E-state index is 9.56. The molecule has 4 nitrogen and oxygen atoms in total. The Morgan fingerprint density at radius 2 is 2.00 bits per heavy atom. The van der Waals surface area contributed by atoms with Gasteiger partial charge in [-0.15, -0.1) is 0 Å². The van der Waals surface area contributed by atoms with Gasteiger partial charge >= 0.3 is 0 Å². The number of aromatic nitrogens is 2. The number of hydrogen-bond acceptors (Lipinski definition) is 3. The van der Waals surface area contributed by atoms with Crippen LogP contribution in [0.15, 0.2) is 30.5 Å². The van der Waals surface area contributed by atoms with Crippen LogP contribution >= 0.6 is 0 Å². The topological polar surface area (TPSA) is 60.9 Å². The van der Waals surface area contributed by atoms with Crippen molar-refractivity contribution in [3.63, 3.8) is 0 Å². The van der Waals surface area contributed by atoms with Crippen molar-refractivity contribution in [3.8, 4) is 5.75 Å². The van der Waals surface area contributed by atoms with Crippen LogP contribution in [-0.4, -0.2) is 15.3 Å². The van der Waals surface area contributed by atoms with Gasteiger partial charge in [0.05, 0.1) is 6.20 Å². The average molecular weight is 217 g/mol. The van der Waals surface area contributed by atoms with E-state index in [-0.39, 0.29) is 0 Å². The van der Waals surface area contributed by atoms with Crippen LogP contribution in [0.2, 0.25) is 0 Å². The molecular weight excluding hydrogens is 202 g/mol. The number of hydrogen-bond donors (Lipinski definition) is 3. The quantitative estimate of drug-likeness (QED) is 0.730. The molecule has 1 aromatic heterocycles. The number of nitrogens with one attached hydrogen (secondary N) is 2. The van der Waals surface area contributed by atoms with Crippen LogP contribution in [0.3, 0.4) is 0 Å². The SMILES string of the molecule is Cc1[nH]ncc1CNCc1ccccc1O. The summed E-state index contributed by atoms with van der Waals surface area (Å²) in [5.41, 5.74) is 3.13. The summed E-state index contributed by atoms with van der Waals surface area (Å²) < 4.78 is 0. The van der Waals surface area contributed by atoms with Crippen molar-refractivity contribution in [2.75, 3.05) is 0 Å². The molecule has 1 aromatic carbocycles. The zero-order valence-corrected chi connectivity index (χ0v) is 9.20. The van der Waals surface area contributed by atoms with Gasteiger partial charge in [-0.1, -0.05) is 18.2 Å². The molecular formula is C12H15N3O. The van der Waals surface area contributed by atoms with E-state index in [0.717, 1.165) is 23.4 Å². The summed E-state index contributed by atoms with van der Waals surface area (Å²) in [6.07, 6.45) is 1.81. The van der Waals surface area contributed by atoms with Crippen molar-refractivity contribution in [2.24, 2.45) is 0 Å². The van der Waals surface area contributed by atoms with Crippen LogP contribution in [0.25, 0.3) is 0 Å². The van der Waals surface area contributed by atoms with Crippen LogP contribution in [0.1, 0.15) is 16.8 Å². The first-order valence-corrected chi connectivity index (χ1v) is 5.24. The third kappa shape index (κ3) is 2.41. The molecule has 0 saturated carbocycles. The monoisotopic (exact) mass is 217 g/mol. The van der Waals surface area contributed by atoms with E-state index in [0.29, 0.717) is 12.3 Å². The lowest BCUT2D eigenvalue weighted by Gasteiger charge is -2.05. The van der Waals surface area contributed by atoms with Crippen LogP contribution < -0.4 is 5.32 Å². The van der Waals surface area contributed by atoms with E-state index in [1.54, 1.807) is 6.07 Å². The second kappa shape index (κ2) is 4.81. The highest BCUT2D eigenvalue weighted by Crippen LogP contribution is 2.15. The van der Waals surface area contributed by atoms with Gasteiger partial charge in [-0.2, -0.15) is 5.10 Å². The maximum atomic E-state index is 9.56. The van der Waals surface area contributed by atoms with Crippen LogP contribution in [-0.2, 0) is 13.1 Å². The van der Waals surface area contributed by atoms with Gasteiger partial charge in [0.2, 0.25) is 0 Å². The molecule has 4 heteroatoms. The lowest BCUT2D eigenvalue weighted by atomic mass is 10.2. The van der Waals surface area contributed by atoms with E-state index in [9.17, 15) is 5.11 Å². The zero-order valence-electron chi connectivity index (χ0n) is 9.20. The first kappa shape index (κ1) is 10.7. The Balaban J connectivity index is 1.89. The molecule has 0 spiro atoms. The van der Waals surface area contributed by atoms with Crippen molar-refractivity contribution in [1.82, 2.24) is 15.5 Å². The fourth-order valence-electron chi connectivity index (χ4n) is 1.55. The Kier molecular flexibility index (Phi) is 3.22. The number of aryl methyl sites for hydroxylation is 1. The van der Waals surface area contributed by atoms with Crippen LogP contribution in [0, 0.1) is 6.92 Å². The molecule has 0 amide bonds. The number of H-pyrrole nitrogens is 1. The van der Waals surface area contributed by atoms with Crippen molar-refractivity contribution in [1.29, 1.82) is 0 Å². The number of rotatable bonds is 4. The molecule has 3 N–H and O–H groups in total. The summed E-state index contributed by atoms with van der Waals surface area (Å²) in [5, 5.41) is 19.7. The summed E-state index contributed by atoms with van der Waals surface area (Å²) in [7, 11) is 0. The van der Waals surface area contributed by atoms with E-state index in [4.69, 9.17) is 0 Å². The van der Waals surface area contributed by atoms with E-state index in [2.05, 4.69) is 15.5 Å². The minimum absolute atomic E-state index is 0.332. The molecule has 0 radical (unpaired) electrons. The van der Waals surface area contributed by atoms with Crippen molar-refractivity contribution >= 4 is 0 Å². The van der Waals surface area contributed by atoms with Gasteiger partial charge in [-0.05, 0) is 13.0 Å². The molecule has 0 unspecified atom stereocenters. The molecule has 0 bridgehead atoms. The zero-order chi connectivity index (χ0) is 11.4. The second-order valence-corrected chi connectivity index (χ2v) is 3.75. The minimum atomic E-state index is 0.332. The predicted octanol–water partition coefficient (Wildman–Crippen LogP) is 1.71. The Labute approximate surface area is 94.3 Å². The second-order valence-electron chi connectivity index (χ2n) is 3.75. The van der Waals surface area contributed by atoms with Gasteiger partial charge in [0, 0.05) is 29.9 Å². The predicted molar refractivity (Wildman–Crippen MR) is 62.0 cm³/mol. The molecule has 2 aromatic rings. The lowest BCUT2D eigenvalue weighted by Crippen LogP contribution is -2.12. The standard InChI is InChI=1S/C12H15N3O/c1-9-11(8-14-15-9)7-13-6-10-4-2-3-5-12(10)16/h2-5,8,13,16H,6-7H2,1H3,(H,14,15). The molecule has 0 aliphatic carbocycles.